The van der Waals surface area contributed by atoms with Gasteiger partial charge in [-0.05, 0) is 51.7 Å². The lowest BCUT2D eigenvalue weighted by Crippen LogP contribution is -2.40. The van der Waals surface area contributed by atoms with Crippen LogP contribution in [-0.4, -0.2) is 39.7 Å². The van der Waals surface area contributed by atoms with Crippen LogP contribution >= 0.6 is 0 Å². The van der Waals surface area contributed by atoms with E-state index >= 15 is 0 Å². The van der Waals surface area contributed by atoms with Gasteiger partial charge in [0.05, 0.1) is 17.6 Å². The topological polar surface area (TPSA) is 81.7 Å². The molecule has 1 aliphatic heterocycles. The smallest absolute Gasteiger partial charge is 0.264 e. The summed E-state index contributed by atoms with van der Waals surface area (Å²) in [6.45, 7) is 6.11. The van der Waals surface area contributed by atoms with E-state index in [0.29, 0.717) is 12.2 Å². The zero-order valence-corrected chi connectivity index (χ0v) is 15.2. The minimum absolute atomic E-state index is 0.0232. The first-order valence-corrected chi connectivity index (χ1v) is 9.65. The molecule has 24 heavy (non-hydrogen) atoms. The molecule has 1 saturated heterocycles. The number of benzene rings is 1. The van der Waals surface area contributed by atoms with Crippen LogP contribution in [0.1, 0.15) is 37.3 Å². The first kappa shape index (κ1) is 18.9. The Morgan fingerprint density at radius 3 is 2.75 bits per heavy atom. The molecular weight excluding hydrogens is 330 g/mol. The van der Waals surface area contributed by atoms with Crippen LogP contribution in [0.15, 0.2) is 23.1 Å². The minimum atomic E-state index is -3.91. The van der Waals surface area contributed by atoms with Crippen molar-refractivity contribution in [1.29, 1.82) is 0 Å². The minimum Gasteiger partial charge on any atom is -0.376 e. The van der Waals surface area contributed by atoms with Crippen molar-refractivity contribution in [1.82, 2.24) is 4.72 Å². The Labute approximate surface area is 143 Å². The number of nitrogens with one attached hydrogen (secondary N) is 1. The molecule has 134 valence electrons. The maximum atomic E-state index is 12.4. The van der Waals surface area contributed by atoms with Crippen LogP contribution in [0.4, 0.5) is 0 Å². The second-order valence-electron chi connectivity index (χ2n) is 6.20. The van der Waals surface area contributed by atoms with E-state index in [-0.39, 0.29) is 17.6 Å². The summed E-state index contributed by atoms with van der Waals surface area (Å²) < 4.78 is 37.8. The highest BCUT2D eigenvalue weighted by Crippen LogP contribution is 2.17. The summed E-state index contributed by atoms with van der Waals surface area (Å²) in [6.07, 6.45) is 2.13. The van der Waals surface area contributed by atoms with Crippen LogP contribution in [-0.2, 0) is 24.3 Å². The molecule has 6 nitrogen and oxygen atoms in total. The quantitative estimate of drug-likeness (QED) is 0.845. The van der Waals surface area contributed by atoms with Crippen LogP contribution in [0.3, 0.4) is 0 Å². The molecule has 0 saturated carbocycles. The molecule has 0 unspecified atom stereocenters. The molecule has 1 amide bonds. The highest BCUT2D eigenvalue weighted by Gasteiger charge is 2.24. The molecule has 2 rings (SSSR count). The summed E-state index contributed by atoms with van der Waals surface area (Å²) in [5.41, 5.74) is 1.56. The highest BCUT2D eigenvalue weighted by atomic mass is 32.2. The van der Waals surface area contributed by atoms with Crippen molar-refractivity contribution < 1.29 is 22.7 Å². The number of sulfonamides is 1. The average Bonchev–Trinajstić information content (AvgIpc) is 2.52. The lowest BCUT2D eigenvalue weighted by atomic mass is 10.1. The van der Waals surface area contributed by atoms with Gasteiger partial charge in [-0.1, -0.05) is 17.7 Å². The molecule has 0 spiro atoms. The van der Waals surface area contributed by atoms with Crippen molar-refractivity contribution in [3.63, 3.8) is 0 Å². The molecule has 1 aliphatic rings. The van der Waals surface area contributed by atoms with Gasteiger partial charge in [0.1, 0.15) is 6.10 Å². The molecule has 2 atom stereocenters. The van der Waals surface area contributed by atoms with Gasteiger partial charge in [0.25, 0.3) is 15.9 Å². The van der Waals surface area contributed by atoms with Gasteiger partial charge >= 0.3 is 0 Å². The van der Waals surface area contributed by atoms with E-state index in [2.05, 4.69) is 4.72 Å². The summed E-state index contributed by atoms with van der Waals surface area (Å²) >= 11 is 0. The SMILES string of the molecule is Cc1ccc(S(=O)(=O)NC(=O)[C@H](C)OC[C@H]2CCCCO2)c(C)c1. The first-order valence-electron chi connectivity index (χ1n) is 8.17. The molecule has 1 N–H and O–H groups in total. The Balaban J connectivity index is 1.94. The maximum absolute atomic E-state index is 12.4. The van der Waals surface area contributed by atoms with Gasteiger partial charge in [-0.2, -0.15) is 0 Å². The van der Waals surface area contributed by atoms with E-state index in [0.717, 1.165) is 24.8 Å². The van der Waals surface area contributed by atoms with Crippen molar-refractivity contribution in [3.05, 3.63) is 29.3 Å². The average molecular weight is 355 g/mol. The summed E-state index contributed by atoms with van der Waals surface area (Å²) in [5.74, 6) is -0.675. The Bertz CT molecular complexity index is 680. The van der Waals surface area contributed by atoms with Crippen molar-refractivity contribution in [3.8, 4) is 0 Å². The van der Waals surface area contributed by atoms with Crippen molar-refractivity contribution in [2.75, 3.05) is 13.2 Å². The maximum Gasteiger partial charge on any atom is 0.264 e. The van der Waals surface area contributed by atoms with Gasteiger partial charge in [-0.25, -0.2) is 13.1 Å². The van der Waals surface area contributed by atoms with Gasteiger partial charge < -0.3 is 9.47 Å². The largest absolute Gasteiger partial charge is 0.376 e. The van der Waals surface area contributed by atoms with Gasteiger partial charge in [-0.3, -0.25) is 4.79 Å². The van der Waals surface area contributed by atoms with Gasteiger partial charge in [0.2, 0.25) is 0 Å². The molecular formula is C17H25NO5S. The fourth-order valence-corrected chi connectivity index (χ4v) is 3.91. The van der Waals surface area contributed by atoms with Crippen LogP contribution in [0.2, 0.25) is 0 Å². The predicted octanol–water partition coefficient (Wildman–Crippen LogP) is 2.08. The third-order valence-electron chi connectivity index (χ3n) is 4.03. The zero-order chi connectivity index (χ0) is 17.7. The molecule has 0 bridgehead atoms. The Hall–Kier alpha value is -1.44. The van der Waals surface area contributed by atoms with E-state index in [4.69, 9.17) is 9.47 Å². The molecule has 0 aromatic heterocycles. The molecule has 0 radical (unpaired) electrons. The number of rotatable bonds is 6. The Morgan fingerprint density at radius 1 is 1.38 bits per heavy atom. The normalized spacial score (nSPS) is 19.7. The Morgan fingerprint density at radius 2 is 2.12 bits per heavy atom. The van der Waals surface area contributed by atoms with Crippen molar-refractivity contribution in [2.45, 2.75) is 57.1 Å². The van der Waals surface area contributed by atoms with E-state index in [1.807, 2.05) is 6.92 Å². The second-order valence-corrected chi connectivity index (χ2v) is 7.85. The third-order valence-corrected chi connectivity index (χ3v) is 5.54. The van der Waals surface area contributed by atoms with Crippen molar-refractivity contribution in [2.24, 2.45) is 0 Å². The molecule has 1 fully saturated rings. The van der Waals surface area contributed by atoms with E-state index in [1.165, 1.54) is 13.0 Å². The lowest BCUT2D eigenvalue weighted by molar-refractivity contribution is -0.133. The number of aryl methyl sites for hydroxylation is 2. The zero-order valence-electron chi connectivity index (χ0n) is 14.4. The summed E-state index contributed by atoms with van der Waals surface area (Å²) in [6, 6.07) is 4.97. The van der Waals surface area contributed by atoms with Crippen LogP contribution in [0, 0.1) is 13.8 Å². The number of ether oxygens (including phenoxy) is 2. The standard InChI is InChI=1S/C17H25NO5S/c1-12-7-8-16(13(2)10-12)24(20,21)18-17(19)14(3)23-11-15-6-4-5-9-22-15/h7-8,10,14-15H,4-6,9,11H2,1-3H3,(H,18,19)/t14-,15+/m0/s1. The van der Waals surface area contributed by atoms with Gasteiger partial charge in [0.15, 0.2) is 0 Å². The van der Waals surface area contributed by atoms with Crippen LogP contribution in [0.5, 0.6) is 0 Å². The van der Waals surface area contributed by atoms with E-state index < -0.39 is 22.0 Å². The summed E-state index contributed by atoms with van der Waals surface area (Å²) in [7, 11) is -3.91. The number of amides is 1. The molecule has 1 heterocycles. The Kier molecular flexibility index (Phi) is 6.37. The second kappa shape index (κ2) is 8.09. The number of hydrogen-bond donors (Lipinski definition) is 1. The van der Waals surface area contributed by atoms with Crippen LogP contribution in [0.25, 0.3) is 0 Å². The monoisotopic (exact) mass is 355 g/mol. The van der Waals surface area contributed by atoms with Crippen molar-refractivity contribution >= 4 is 15.9 Å². The highest BCUT2D eigenvalue weighted by molar-refractivity contribution is 7.90. The van der Waals surface area contributed by atoms with E-state index in [9.17, 15) is 13.2 Å². The number of carbonyl (C=O) groups excluding carboxylic acids is 1. The number of hydrogen-bond acceptors (Lipinski definition) is 5. The summed E-state index contributed by atoms with van der Waals surface area (Å²) in [4.78, 5) is 12.2. The molecule has 7 heteroatoms. The van der Waals surface area contributed by atoms with Gasteiger partial charge in [-0.15, -0.1) is 0 Å². The third kappa shape index (κ3) is 5.03. The fraction of sp³-hybridized carbons (Fsp3) is 0.588. The fourth-order valence-electron chi connectivity index (χ4n) is 2.64. The first-order chi connectivity index (χ1) is 11.3. The van der Waals surface area contributed by atoms with E-state index in [1.54, 1.807) is 19.1 Å². The van der Waals surface area contributed by atoms with Crippen LogP contribution < -0.4 is 4.72 Å². The van der Waals surface area contributed by atoms with Gasteiger partial charge in [0, 0.05) is 6.61 Å². The molecule has 0 aliphatic carbocycles. The molecule has 1 aromatic rings. The lowest BCUT2D eigenvalue weighted by Gasteiger charge is -2.23. The number of carbonyl (C=O) groups is 1. The molecule has 1 aromatic carbocycles. The summed E-state index contributed by atoms with van der Waals surface area (Å²) in [5, 5.41) is 0. The predicted molar refractivity (Wildman–Crippen MR) is 90.2 cm³/mol.